The minimum atomic E-state index is -1.16. The van der Waals surface area contributed by atoms with Crippen molar-refractivity contribution in [1.29, 1.82) is 0 Å². The number of halogens is 4. The van der Waals surface area contributed by atoms with Crippen LogP contribution in [0.4, 0.5) is 4.79 Å². The maximum absolute atomic E-state index is 12.4. The molecule has 7 nitrogen and oxygen atoms in total. The first kappa shape index (κ1) is 26.5. The van der Waals surface area contributed by atoms with E-state index in [1.807, 2.05) is 22.6 Å². The number of benzene rings is 1. The molecule has 1 unspecified atom stereocenters. The summed E-state index contributed by atoms with van der Waals surface area (Å²) in [6, 6.07) is 0.992. The molecule has 29 heavy (non-hydrogen) atoms. The van der Waals surface area contributed by atoms with Crippen LogP contribution < -0.4 is 5.32 Å². The summed E-state index contributed by atoms with van der Waals surface area (Å²) >= 11 is 14.5. The number of carboxylic acid groups (broad SMARTS) is 1. The van der Waals surface area contributed by atoms with E-state index < -0.39 is 23.8 Å². The number of rotatable bonds is 4. The Kier molecular flexibility index (Phi) is 9.76. The van der Waals surface area contributed by atoms with Crippen molar-refractivity contribution in [3.05, 3.63) is 30.8 Å². The van der Waals surface area contributed by atoms with Crippen molar-refractivity contribution >= 4 is 70.3 Å². The molecule has 1 saturated heterocycles. The molecule has 1 aromatic rings. The summed E-state index contributed by atoms with van der Waals surface area (Å²) in [5.41, 5.74) is -0.308. The molecule has 1 heterocycles. The number of nitrogens with zero attached hydrogens (tertiary/aromatic N) is 1. The lowest BCUT2D eigenvalue weighted by molar-refractivity contribution is 0.00335. The Morgan fingerprint density at radius 3 is 2.52 bits per heavy atom. The fourth-order valence-corrected chi connectivity index (χ4v) is 4.03. The highest BCUT2D eigenvalue weighted by Crippen LogP contribution is 2.38. The van der Waals surface area contributed by atoms with Gasteiger partial charge in [-0.15, -0.1) is 12.4 Å². The standard InChI is InChI=1S/C18H23Cl2IN2O5.ClH/c1-18(2,3)28-17(26)23-6-5-22-11(8-23)15(27-4)12-9(16(24)25)7-10(19)14(21)13(12)20;/h7,11,15,22H,5-6,8H2,1-4H3,(H,24,25);1H/t11-,15?;/m1./s1. The molecule has 1 aliphatic heterocycles. The van der Waals surface area contributed by atoms with Gasteiger partial charge in [-0.25, -0.2) is 9.59 Å². The average Bonchev–Trinajstić information content (AvgIpc) is 2.60. The maximum atomic E-state index is 12.4. The number of piperazine rings is 1. The Balaban J connectivity index is 0.00000420. The third kappa shape index (κ3) is 6.48. The molecule has 1 amide bonds. The van der Waals surface area contributed by atoms with Gasteiger partial charge in [0, 0.05) is 32.3 Å². The molecule has 0 bridgehead atoms. The van der Waals surface area contributed by atoms with Crippen molar-refractivity contribution < 1.29 is 24.2 Å². The molecule has 2 N–H and O–H groups in total. The number of amides is 1. The molecule has 0 aromatic heterocycles. The maximum Gasteiger partial charge on any atom is 0.410 e. The lowest BCUT2D eigenvalue weighted by Gasteiger charge is -2.38. The van der Waals surface area contributed by atoms with Crippen LogP contribution in [0.25, 0.3) is 0 Å². The number of carboxylic acids is 1. The van der Waals surface area contributed by atoms with Gasteiger partial charge in [0.15, 0.2) is 0 Å². The topological polar surface area (TPSA) is 88.1 Å². The molecular weight excluding hydrogens is 557 g/mol. The number of hydrogen-bond acceptors (Lipinski definition) is 5. The van der Waals surface area contributed by atoms with E-state index in [9.17, 15) is 14.7 Å². The number of methoxy groups -OCH3 is 1. The monoisotopic (exact) mass is 580 g/mol. The highest BCUT2D eigenvalue weighted by atomic mass is 127. The van der Waals surface area contributed by atoms with E-state index >= 15 is 0 Å². The van der Waals surface area contributed by atoms with Crippen molar-refractivity contribution in [2.45, 2.75) is 38.5 Å². The zero-order valence-corrected chi connectivity index (χ0v) is 20.9. The minimum absolute atomic E-state index is 0. The summed E-state index contributed by atoms with van der Waals surface area (Å²) in [6.45, 7) is 6.67. The number of aromatic carboxylic acids is 1. The molecule has 0 spiro atoms. The first-order valence-electron chi connectivity index (χ1n) is 8.61. The predicted molar refractivity (Wildman–Crippen MR) is 123 cm³/mol. The predicted octanol–water partition coefficient (Wildman–Crippen LogP) is 4.61. The van der Waals surface area contributed by atoms with Crippen LogP contribution in [-0.4, -0.2) is 60.5 Å². The minimum Gasteiger partial charge on any atom is -0.478 e. The summed E-state index contributed by atoms with van der Waals surface area (Å²) in [5.74, 6) is -1.16. The molecule has 1 aromatic carbocycles. The van der Waals surface area contributed by atoms with E-state index in [4.69, 9.17) is 32.7 Å². The van der Waals surface area contributed by atoms with Crippen LogP contribution >= 0.6 is 58.2 Å². The van der Waals surface area contributed by atoms with E-state index in [1.165, 1.54) is 13.2 Å². The average molecular weight is 582 g/mol. The number of carbonyl (C=O) groups is 2. The Labute approximate surface area is 199 Å². The van der Waals surface area contributed by atoms with Gasteiger partial charge in [0.05, 0.1) is 25.2 Å². The van der Waals surface area contributed by atoms with Crippen LogP contribution in [0.5, 0.6) is 0 Å². The van der Waals surface area contributed by atoms with Crippen LogP contribution in [0.15, 0.2) is 6.07 Å². The molecule has 1 fully saturated rings. The second-order valence-corrected chi connectivity index (χ2v) is 9.26. The summed E-state index contributed by atoms with van der Waals surface area (Å²) in [4.78, 5) is 25.8. The molecule has 0 radical (unpaired) electrons. The van der Waals surface area contributed by atoms with E-state index in [2.05, 4.69) is 5.32 Å². The van der Waals surface area contributed by atoms with Crippen LogP contribution in [-0.2, 0) is 9.47 Å². The Morgan fingerprint density at radius 2 is 2.00 bits per heavy atom. The summed E-state index contributed by atoms with van der Waals surface area (Å²) < 4.78 is 11.6. The third-order valence-corrected chi connectivity index (χ3v) is 6.64. The Morgan fingerprint density at radius 1 is 1.38 bits per heavy atom. The van der Waals surface area contributed by atoms with Crippen LogP contribution in [0.2, 0.25) is 10.0 Å². The first-order valence-corrected chi connectivity index (χ1v) is 10.4. The van der Waals surface area contributed by atoms with Crippen molar-refractivity contribution in [1.82, 2.24) is 10.2 Å². The van der Waals surface area contributed by atoms with Gasteiger partial charge in [0.1, 0.15) is 11.7 Å². The van der Waals surface area contributed by atoms with Crippen LogP contribution in [0.3, 0.4) is 0 Å². The fourth-order valence-electron chi connectivity index (χ4n) is 3.02. The molecular formula is C18H24Cl3IN2O5. The molecule has 0 saturated carbocycles. The molecule has 164 valence electrons. The molecule has 1 aliphatic rings. The van der Waals surface area contributed by atoms with Gasteiger partial charge >= 0.3 is 12.1 Å². The van der Waals surface area contributed by atoms with Gasteiger partial charge in [-0.3, -0.25) is 0 Å². The van der Waals surface area contributed by atoms with Gasteiger partial charge in [0.25, 0.3) is 0 Å². The SMILES string of the molecule is COC(c1c(C(=O)O)cc(Cl)c(I)c1Cl)[C@H]1CN(C(=O)OC(C)(C)C)CCN1.Cl. The first-order chi connectivity index (χ1) is 13.0. The zero-order valence-electron chi connectivity index (χ0n) is 16.4. The van der Waals surface area contributed by atoms with E-state index in [-0.39, 0.29) is 40.6 Å². The fraction of sp³-hybridized carbons (Fsp3) is 0.556. The second-order valence-electron chi connectivity index (χ2n) is 7.40. The molecule has 0 aliphatic carbocycles. The number of carbonyl (C=O) groups excluding carboxylic acids is 1. The summed E-state index contributed by atoms with van der Waals surface area (Å²) in [5, 5.41) is 13.4. The summed E-state index contributed by atoms with van der Waals surface area (Å²) in [6.07, 6.45) is -1.13. The number of ether oxygens (including phenoxy) is 2. The van der Waals surface area contributed by atoms with Crippen LogP contribution in [0.1, 0.15) is 42.8 Å². The van der Waals surface area contributed by atoms with Crippen molar-refractivity contribution in [3.8, 4) is 0 Å². The van der Waals surface area contributed by atoms with Gasteiger partial charge in [-0.2, -0.15) is 0 Å². The van der Waals surface area contributed by atoms with E-state index in [1.54, 1.807) is 25.7 Å². The van der Waals surface area contributed by atoms with Gasteiger partial charge in [-0.05, 0) is 49.4 Å². The lowest BCUT2D eigenvalue weighted by Crippen LogP contribution is -2.56. The largest absolute Gasteiger partial charge is 0.478 e. The normalized spacial score (nSPS) is 18.0. The van der Waals surface area contributed by atoms with Crippen molar-refractivity contribution in [2.75, 3.05) is 26.7 Å². The summed E-state index contributed by atoms with van der Waals surface area (Å²) in [7, 11) is 1.47. The number of nitrogens with one attached hydrogen (secondary N) is 1. The van der Waals surface area contributed by atoms with E-state index in [0.717, 1.165) is 0 Å². The van der Waals surface area contributed by atoms with Crippen molar-refractivity contribution in [3.63, 3.8) is 0 Å². The second kappa shape index (κ2) is 10.7. The highest BCUT2D eigenvalue weighted by molar-refractivity contribution is 14.1. The quantitative estimate of drug-likeness (QED) is 0.399. The van der Waals surface area contributed by atoms with Crippen LogP contribution in [0, 0.1) is 3.57 Å². The van der Waals surface area contributed by atoms with E-state index in [0.29, 0.717) is 22.2 Å². The molecule has 2 rings (SSSR count). The third-order valence-electron chi connectivity index (χ3n) is 4.19. The molecule has 11 heteroatoms. The smallest absolute Gasteiger partial charge is 0.410 e. The van der Waals surface area contributed by atoms with Gasteiger partial charge in [-0.1, -0.05) is 23.2 Å². The number of hydrogen-bond donors (Lipinski definition) is 2. The molecule has 2 atom stereocenters. The lowest BCUT2D eigenvalue weighted by atomic mass is 9.95. The Hall–Kier alpha value is -0.520. The Bertz CT molecular complexity index is 773. The van der Waals surface area contributed by atoms with Gasteiger partial charge in [0.2, 0.25) is 0 Å². The van der Waals surface area contributed by atoms with Crippen molar-refractivity contribution in [2.24, 2.45) is 0 Å². The van der Waals surface area contributed by atoms with Gasteiger partial charge < -0.3 is 24.8 Å². The highest BCUT2D eigenvalue weighted by Gasteiger charge is 2.36. The zero-order chi connectivity index (χ0) is 21.2.